The number of amides is 2. The first-order chi connectivity index (χ1) is 23.3. The molecule has 2 aliphatic heterocycles. The van der Waals surface area contributed by atoms with E-state index in [1.807, 2.05) is 29.2 Å². The molecular weight excluding hydrogens is 684 g/mol. The van der Waals surface area contributed by atoms with Crippen LogP contribution in [0.25, 0.3) is 11.3 Å². The van der Waals surface area contributed by atoms with Gasteiger partial charge in [0.1, 0.15) is 11.7 Å². The summed E-state index contributed by atoms with van der Waals surface area (Å²) in [5.74, 6) is -2.58. The van der Waals surface area contributed by atoms with E-state index in [2.05, 4.69) is 36.2 Å². The first-order valence-corrected chi connectivity index (χ1v) is 16.6. The molecule has 246 valence electrons. The third-order valence-corrected chi connectivity index (χ3v) is 9.52. The summed E-state index contributed by atoms with van der Waals surface area (Å²) in [6, 6.07) is 17.1. The van der Waals surface area contributed by atoms with Crippen molar-refractivity contribution in [3.8, 4) is 17.0 Å². The molecule has 10 nitrogen and oxygen atoms in total. The predicted molar refractivity (Wildman–Crippen MR) is 176 cm³/mol. The molecule has 1 fully saturated rings. The van der Waals surface area contributed by atoms with Crippen LogP contribution in [0.2, 0.25) is 0 Å². The molecule has 1 unspecified atom stereocenters. The summed E-state index contributed by atoms with van der Waals surface area (Å²) < 4.78 is 36.9. The van der Waals surface area contributed by atoms with Crippen LogP contribution in [-0.4, -0.2) is 72.8 Å². The number of benzene rings is 3. The molecule has 0 bridgehead atoms. The van der Waals surface area contributed by atoms with Crippen LogP contribution in [0.3, 0.4) is 0 Å². The highest BCUT2D eigenvalue weighted by molar-refractivity contribution is 9.10. The Kier molecular flexibility index (Phi) is 8.78. The van der Waals surface area contributed by atoms with Crippen LogP contribution in [0.1, 0.15) is 69.5 Å². The van der Waals surface area contributed by atoms with E-state index in [0.717, 1.165) is 21.4 Å². The summed E-state index contributed by atoms with van der Waals surface area (Å²) in [5, 5.41) is 8.27. The number of carbonyl (C=O) groups excluding carboxylic acids is 2. The highest BCUT2D eigenvalue weighted by atomic mass is 79.9. The standard InChI is InChI=1S/C35H32BrF2N7O3/c1-2-48-29-11-10-26(30(37)31(29)38)28-19-45(42-41-28)25-12-15-43(16-13-25)34(46)22-4-3-5-23(18-22)35(47)44-17-14-27-32(40-20-39-27)33(44)21-6-8-24(36)9-7-21/h3-11,18-20,25,33H,2,12-17H2,1H3,(H,39,40). The Labute approximate surface area is 283 Å². The minimum atomic E-state index is -1.06. The van der Waals surface area contributed by atoms with Crippen molar-refractivity contribution in [1.29, 1.82) is 0 Å². The van der Waals surface area contributed by atoms with Crippen LogP contribution < -0.4 is 4.74 Å². The van der Waals surface area contributed by atoms with E-state index in [0.29, 0.717) is 50.0 Å². The number of nitrogens with one attached hydrogen (secondary N) is 1. The van der Waals surface area contributed by atoms with Crippen LogP contribution in [0.15, 0.2) is 77.7 Å². The van der Waals surface area contributed by atoms with Crippen LogP contribution in [0, 0.1) is 11.6 Å². The number of hydrogen-bond acceptors (Lipinski definition) is 6. The summed E-state index contributed by atoms with van der Waals surface area (Å²) >= 11 is 3.49. The van der Waals surface area contributed by atoms with Gasteiger partial charge in [0.25, 0.3) is 11.8 Å². The fourth-order valence-electron chi connectivity index (χ4n) is 6.52. The van der Waals surface area contributed by atoms with Gasteiger partial charge in [-0.25, -0.2) is 14.1 Å². The summed E-state index contributed by atoms with van der Waals surface area (Å²) in [5.41, 5.74) is 3.88. The molecule has 0 saturated carbocycles. The molecule has 0 aliphatic carbocycles. The molecule has 2 aliphatic rings. The van der Waals surface area contributed by atoms with Gasteiger partial charge in [-0.2, -0.15) is 4.39 Å². The second-order valence-corrected chi connectivity index (χ2v) is 12.7. The van der Waals surface area contributed by atoms with Gasteiger partial charge in [0.15, 0.2) is 11.6 Å². The molecule has 2 amide bonds. The fraction of sp³-hybridized carbons (Fsp3) is 0.286. The number of halogens is 3. The van der Waals surface area contributed by atoms with Gasteiger partial charge in [0, 0.05) is 52.9 Å². The zero-order valence-electron chi connectivity index (χ0n) is 26.1. The quantitative estimate of drug-likeness (QED) is 0.210. The van der Waals surface area contributed by atoms with Crippen molar-refractivity contribution in [3.63, 3.8) is 0 Å². The third-order valence-electron chi connectivity index (χ3n) is 8.99. The summed E-state index contributed by atoms with van der Waals surface area (Å²) in [4.78, 5) is 39.0. The lowest BCUT2D eigenvalue weighted by Crippen LogP contribution is -2.41. The molecule has 0 radical (unpaired) electrons. The number of H-pyrrole nitrogens is 1. The van der Waals surface area contributed by atoms with Gasteiger partial charge >= 0.3 is 0 Å². The van der Waals surface area contributed by atoms with Crippen molar-refractivity contribution < 1.29 is 23.1 Å². The van der Waals surface area contributed by atoms with Gasteiger partial charge < -0.3 is 19.5 Å². The minimum absolute atomic E-state index is 0.00163. The lowest BCUT2D eigenvalue weighted by atomic mass is 9.94. The molecule has 1 saturated heterocycles. The summed E-state index contributed by atoms with van der Waals surface area (Å²) in [7, 11) is 0. The van der Waals surface area contributed by atoms with Gasteiger partial charge in [-0.3, -0.25) is 9.59 Å². The maximum Gasteiger partial charge on any atom is 0.254 e. The molecule has 1 atom stereocenters. The van der Waals surface area contributed by atoms with Crippen molar-refractivity contribution >= 4 is 27.7 Å². The first kappa shape index (κ1) is 31.7. The number of carbonyl (C=O) groups is 2. The van der Waals surface area contributed by atoms with E-state index in [4.69, 9.17) is 4.74 Å². The van der Waals surface area contributed by atoms with Crippen molar-refractivity contribution in [3.05, 3.63) is 117 Å². The maximum atomic E-state index is 14.8. The van der Waals surface area contributed by atoms with Crippen molar-refractivity contribution in [2.45, 2.75) is 38.3 Å². The normalized spacial score (nSPS) is 16.5. The Bertz CT molecular complexity index is 1970. The van der Waals surface area contributed by atoms with Gasteiger partial charge in [-0.1, -0.05) is 39.3 Å². The summed E-state index contributed by atoms with van der Waals surface area (Å²) in [6.45, 7) is 3.34. The monoisotopic (exact) mass is 715 g/mol. The van der Waals surface area contributed by atoms with Crippen molar-refractivity contribution in [1.82, 2.24) is 34.8 Å². The van der Waals surface area contributed by atoms with Crippen LogP contribution >= 0.6 is 15.9 Å². The van der Waals surface area contributed by atoms with E-state index in [1.54, 1.807) is 53.3 Å². The van der Waals surface area contributed by atoms with Crippen molar-refractivity contribution in [2.75, 3.05) is 26.2 Å². The number of piperidine rings is 1. The highest BCUT2D eigenvalue weighted by Gasteiger charge is 2.35. The van der Waals surface area contributed by atoms with E-state index < -0.39 is 11.6 Å². The lowest BCUT2D eigenvalue weighted by molar-refractivity contribution is 0.0688. The highest BCUT2D eigenvalue weighted by Crippen LogP contribution is 2.35. The largest absolute Gasteiger partial charge is 0.491 e. The number of nitrogens with zero attached hydrogens (tertiary/aromatic N) is 6. The molecule has 4 heterocycles. The third kappa shape index (κ3) is 5.98. The predicted octanol–water partition coefficient (Wildman–Crippen LogP) is 6.37. The number of aromatic nitrogens is 5. The average molecular weight is 717 g/mol. The Hall–Kier alpha value is -4.91. The number of ether oxygens (including phenoxy) is 1. The second-order valence-electron chi connectivity index (χ2n) is 11.8. The zero-order valence-corrected chi connectivity index (χ0v) is 27.7. The molecule has 2 aromatic heterocycles. The maximum absolute atomic E-state index is 14.8. The summed E-state index contributed by atoms with van der Waals surface area (Å²) in [6.07, 6.45) is 5.12. The number of imidazole rings is 1. The molecule has 0 spiro atoms. The smallest absolute Gasteiger partial charge is 0.254 e. The molecule has 5 aromatic rings. The van der Waals surface area contributed by atoms with Gasteiger partial charge in [-0.15, -0.1) is 5.10 Å². The number of hydrogen-bond donors (Lipinski definition) is 1. The van der Waals surface area contributed by atoms with E-state index in [-0.39, 0.29) is 47.5 Å². The van der Waals surface area contributed by atoms with Crippen molar-refractivity contribution in [2.24, 2.45) is 0 Å². The number of likely N-dealkylation sites (tertiary alicyclic amines) is 1. The second kappa shape index (κ2) is 13.3. The molecular formula is C35H32BrF2N7O3. The average Bonchev–Trinajstić information content (AvgIpc) is 3.81. The minimum Gasteiger partial charge on any atom is -0.491 e. The topological polar surface area (TPSA) is 109 Å². The van der Waals surface area contributed by atoms with E-state index >= 15 is 0 Å². The van der Waals surface area contributed by atoms with Crippen LogP contribution in [0.5, 0.6) is 5.75 Å². The molecule has 1 N–H and O–H groups in total. The van der Waals surface area contributed by atoms with E-state index in [9.17, 15) is 18.4 Å². The number of rotatable bonds is 7. The molecule has 48 heavy (non-hydrogen) atoms. The Morgan fingerprint density at radius 3 is 2.48 bits per heavy atom. The Morgan fingerprint density at radius 2 is 1.73 bits per heavy atom. The zero-order chi connectivity index (χ0) is 33.4. The van der Waals surface area contributed by atoms with Gasteiger partial charge in [0.2, 0.25) is 5.82 Å². The van der Waals surface area contributed by atoms with Crippen LogP contribution in [0.4, 0.5) is 8.78 Å². The Balaban J connectivity index is 1.03. The Morgan fingerprint density at radius 1 is 0.979 bits per heavy atom. The van der Waals surface area contributed by atoms with E-state index in [1.165, 1.54) is 12.1 Å². The lowest BCUT2D eigenvalue weighted by Gasteiger charge is -2.35. The molecule has 3 aromatic carbocycles. The molecule has 7 rings (SSSR count). The SMILES string of the molecule is CCOc1ccc(-c2cn(C3CCN(C(=O)c4cccc(C(=O)N5CCc6[nH]cnc6C5c5ccc(Br)cc5)c4)CC3)nn2)c(F)c1F. The van der Waals surface area contributed by atoms with Gasteiger partial charge in [0.05, 0.1) is 30.9 Å². The number of fused-ring (bicyclic) bond motifs is 1. The van der Waals surface area contributed by atoms with Crippen LogP contribution in [-0.2, 0) is 6.42 Å². The van der Waals surface area contributed by atoms with Gasteiger partial charge in [-0.05, 0) is 67.8 Å². The fourth-order valence-corrected chi connectivity index (χ4v) is 6.78. The molecule has 13 heteroatoms. The first-order valence-electron chi connectivity index (χ1n) is 15.8. The number of aromatic amines is 1.